The van der Waals surface area contributed by atoms with Crippen LogP contribution >= 0.6 is 0 Å². The van der Waals surface area contributed by atoms with Gasteiger partial charge in [0.15, 0.2) is 0 Å². The van der Waals surface area contributed by atoms with Gasteiger partial charge in [-0.2, -0.15) is 0 Å². The molecule has 0 saturated carbocycles. The van der Waals surface area contributed by atoms with Crippen LogP contribution in [0.15, 0.2) is 18.2 Å². The van der Waals surface area contributed by atoms with Gasteiger partial charge >= 0.3 is 0 Å². The van der Waals surface area contributed by atoms with Crippen molar-refractivity contribution in [2.24, 2.45) is 5.84 Å². The first-order valence-electron chi connectivity index (χ1n) is 7.80. The molecule has 1 aromatic rings. The van der Waals surface area contributed by atoms with Crippen LogP contribution in [0.4, 0.5) is 0 Å². The molecular weight excluding hydrogens is 246 g/mol. The molecule has 0 bridgehead atoms. The van der Waals surface area contributed by atoms with E-state index in [1.807, 2.05) is 0 Å². The van der Waals surface area contributed by atoms with Crippen molar-refractivity contribution in [3.63, 3.8) is 0 Å². The van der Waals surface area contributed by atoms with Gasteiger partial charge in [0, 0.05) is 5.54 Å². The predicted octanol–water partition coefficient (Wildman–Crippen LogP) is 3.07. The van der Waals surface area contributed by atoms with Gasteiger partial charge in [-0.05, 0) is 58.7 Å². The molecule has 0 aliphatic carbocycles. The van der Waals surface area contributed by atoms with E-state index in [4.69, 9.17) is 5.84 Å². The number of nitrogens with one attached hydrogen (secondary N) is 1. The molecule has 112 valence electrons. The zero-order valence-corrected chi connectivity index (χ0v) is 13.4. The summed E-state index contributed by atoms with van der Waals surface area (Å²) in [4.78, 5) is 2.61. The van der Waals surface area contributed by atoms with Gasteiger partial charge in [0.05, 0.1) is 6.04 Å². The summed E-state index contributed by atoms with van der Waals surface area (Å²) in [5.41, 5.74) is 7.09. The molecule has 0 amide bonds. The zero-order chi connectivity index (χ0) is 14.8. The summed E-state index contributed by atoms with van der Waals surface area (Å²) in [7, 11) is 0. The monoisotopic (exact) mass is 275 g/mol. The summed E-state index contributed by atoms with van der Waals surface area (Å²) in [6.07, 6.45) is 3.70. The molecular formula is C17H29N3. The van der Waals surface area contributed by atoms with Gasteiger partial charge in [0.25, 0.3) is 0 Å². The van der Waals surface area contributed by atoms with Crippen molar-refractivity contribution in [1.82, 2.24) is 10.3 Å². The maximum atomic E-state index is 5.96. The Morgan fingerprint density at radius 3 is 2.20 bits per heavy atom. The standard InChI is InChI=1S/C17H29N3/c1-5-17(4,20-8-6-7-9-20)16(19-18)15-11-13(2)10-14(3)12-15/h10-12,16,19H,5-9,18H2,1-4H3. The average molecular weight is 275 g/mol. The summed E-state index contributed by atoms with van der Waals surface area (Å²) < 4.78 is 0. The Morgan fingerprint density at radius 2 is 1.75 bits per heavy atom. The molecule has 0 aromatic heterocycles. The van der Waals surface area contributed by atoms with Crippen molar-refractivity contribution in [2.45, 2.75) is 58.5 Å². The van der Waals surface area contributed by atoms with Crippen LogP contribution in [-0.2, 0) is 0 Å². The lowest BCUT2D eigenvalue weighted by molar-refractivity contribution is 0.0840. The fourth-order valence-electron chi connectivity index (χ4n) is 3.65. The van der Waals surface area contributed by atoms with Gasteiger partial charge in [-0.25, -0.2) is 0 Å². The SMILES string of the molecule is CCC(C)(C(NN)c1cc(C)cc(C)c1)N1CCCC1. The maximum absolute atomic E-state index is 5.96. The number of hydrogen-bond donors (Lipinski definition) is 2. The minimum Gasteiger partial charge on any atom is -0.296 e. The topological polar surface area (TPSA) is 41.3 Å². The van der Waals surface area contributed by atoms with Gasteiger partial charge in [-0.15, -0.1) is 0 Å². The molecule has 1 aliphatic heterocycles. The second-order valence-corrected chi connectivity index (χ2v) is 6.43. The lowest BCUT2D eigenvalue weighted by atomic mass is 9.82. The van der Waals surface area contributed by atoms with E-state index in [0.29, 0.717) is 0 Å². The van der Waals surface area contributed by atoms with E-state index >= 15 is 0 Å². The average Bonchev–Trinajstić information content (AvgIpc) is 2.92. The number of hydrogen-bond acceptors (Lipinski definition) is 3. The number of nitrogens with zero attached hydrogens (tertiary/aromatic N) is 1. The Balaban J connectivity index is 2.37. The number of nitrogens with two attached hydrogens (primary N) is 1. The summed E-state index contributed by atoms with van der Waals surface area (Å²) in [6.45, 7) is 11.3. The number of aryl methyl sites for hydroxylation is 2. The molecule has 3 N–H and O–H groups in total. The van der Waals surface area contributed by atoms with Crippen molar-refractivity contribution in [1.29, 1.82) is 0 Å². The molecule has 20 heavy (non-hydrogen) atoms. The van der Waals surface area contributed by atoms with Gasteiger partial charge in [-0.3, -0.25) is 16.2 Å². The van der Waals surface area contributed by atoms with Crippen LogP contribution in [0.2, 0.25) is 0 Å². The molecule has 2 atom stereocenters. The van der Waals surface area contributed by atoms with Crippen LogP contribution in [-0.4, -0.2) is 23.5 Å². The Kier molecular flexibility index (Phi) is 4.84. The predicted molar refractivity (Wildman–Crippen MR) is 85.5 cm³/mol. The molecule has 3 heteroatoms. The van der Waals surface area contributed by atoms with Crippen LogP contribution in [0.25, 0.3) is 0 Å². The third-order valence-corrected chi connectivity index (χ3v) is 4.91. The Hall–Kier alpha value is -0.900. The van der Waals surface area contributed by atoms with Crippen LogP contribution < -0.4 is 11.3 Å². The molecule has 1 saturated heterocycles. The van der Waals surface area contributed by atoms with Crippen molar-refractivity contribution < 1.29 is 0 Å². The smallest absolute Gasteiger partial charge is 0.0641 e. The number of rotatable bonds is 5. The zero-order valence-electron chi connectivity index (χ0n) is 13.4. The van der Waals surface area contributed by atoms with E-state index in [-0.39, 0.29) is 11.6 Å². The molecule has 0 radical (unpaired) electrons. The summed E-state index contributed by atoms with van der Waals surface area (Å²) in [6, 6.07) is 6.92. The third kappa shape index (κ3) is 2.90. The quantitative estimate of drug-likeness (QED) is 0.641. The first-order chi connectivity index (χ1) is 9.51. The van der Waals surface area contributed by atoms with E-state index in [9.17, 15) is 0 Å². The van der Waals surface area contributed by atoms with Crippen LogP contribution in [0, 0.1) is 13.8 Å². The highest BCUT2D eigenvalue weighted by atomic mass is 15.3. The fraction of sp³-hybridized carbons (Fsp3) is 0.647. The highest BCUT2D eigenvalue weighted by molar-refractivity contribution is 5.32. The molecule has 1 aromatic carbocycles. The molecule has 1 heterocycles. The number of benzene rings is 1. The Bertz CT molecular complexity index is 431. The lowest BCUT2D eigenvalue weighted by Gasteiger charge is -2.44. The van der Waals surface area contributed by atoms with E-state index in [1.165, 1.54) is 42.6 Å². The van der Waals surface area contributed by atoms with Crippen LogP contribution in [0.3, 0.4) is 0 Å². The maximum Gasteiger partial charge on any atom is 0.0641 e. The van der Waals surface area contributed by atoms with E-state index in [2.05, 4.69) is 56.2 Å². The van der Waals surface area contributed by atoms with Crippen LogP contribution in [0.1, 0.15) is 55.8 Å². The minimum absolute atomic E-state index is 0.0749. The number of likely N-dealkylation sites (tertiary alicyclic amines) is 1. The van der Waals surface area contributed by atoms with Gasteiger partial charge in [-0.1, -0.05) is 36.2 Å². The van der Waals surface area contributed by atoms with Gasteiger partial charge in [0.1, 0.15) is 0 Å². The van der Waals surface area contributed by atoms with Crippen molar-refractivity contribution in [2.75, 3.05) is 13.1 Å². The second kappa shape index (κ2) is 6.25. The van der Waals surface area contributed by atoms with E-state index < -0.39 is 0 Å². The molecule has 2 unspecified atom stereocenters. The molecule has 3 nitrogen and oxygen atoms in total. The Labute approximate surface area is 123 Å². The normalized spacial score (nSPS) is 20.9. The van der Waals surface area contributed by atoms with Crippen molar-refractivity contribution in [3.05, 3.63) is 34.9 Å². The first kappa shape index (κ1) is 15.5. The molecule has 2 rings (SSSR count). The Morgan fingerprint density at radius 1 is 1.20 bits per heavy atom. The second-order valence-electron chi connectivity index (χ2n) is 6.43. The highest BCUT2D eigenvalue weighted by Crippen LogP contribution is 2.36. The van der Waals surface area contributed by atoms with Gasteiger partial charge < -0.3 is 0 Å². The fourth-order valence-corrected chi connectivity index (χ4v) is 3.65. The summed E-state index contributed by atoms with van der Waals surface area (Å²) in [5, 5.41) is 0. The third-order valence-electron chi connectivity index (χ3n) is 4.91. The highest BCUT2D eigenvalue weighted by Gasteiger charge is 2.39. The molecule has 1 fully saturated rings. The van der Waals surface area contributed by atoms with E-state index in [1.54, 1.807) is 0 Å². The van der Waals surface area contributed by atoms with Crippen molar-refractivity contribution >= 4 is 0 Å². The largest absolute Gasteiger partial charge is 0.296 e. The van der Waals surface area contributed by atoms with E-state index in [0.717, 1.165) is 6.42 Å². The van der Waals surface area contributed by atoms with Gasteiger partial charge in [0.2, 0.25) is 0 Å². The molecule has 1 aliphatic rings. The number of hydrazine groups is 1. The van der Waals surface area contributed by atoms with Crippen molar-refractivity contribution in [3.8, 4) is 0 Å². The summed E-state index contributed by atoms with van der Waals surface area (Å²) >= 11 is 0. The minimum atomic E-state index is 0.0749. The molecule has 0 spiro atoms. The lowest BCUT2D eigenvalue weighted by Crippen LogP contribution is -2.54. The summed E-state index contributed by atoms with van der Waals surface area (Å²) in [5.74, 6) is 5.96. The van der Waals surface area contributed by atoms with Crippen LogP contribution in [0.5, 0.6) is 0 Å². The first-order valence-corrected chi connectivity index (χ1v) is 7.80.